The SMILES string of the molecule is CCCC[C@@H](CCO)N(C)c1nc(C)ncc1OCCOC. The summed E-state index contributed by atoms with van der Waals surface area (Å²) in [5.41, 5.74) is 0. The Labute approximate surface area is 133 Å². The molecule has 0 unspecified atom stereocenters. The predicted octanol–water partition coefficient (Wildman–Crippen LogP) is 2.19. The first-order valence-electron chi connectivity index (χ1n) is 7.93. The first kappa shape index (κ1) is 18.6. The normalized spacial score (nSPS) is 12.2. The summed E-state index contributed by atoms with van der Waals surface area (Å²) in [5.74, 6) is 2.14. The summed E-state index contributed by atoms with van der Waals surface area (Å²) in [4.78, 5) is 10.8. The van der Waals surface area contributed by atoms with Crippen LogP contribution in [0.25, 0.3) is 0 Å². The maximum Gasteiger partial charge on any atom is 0.180 e. The molecule has 0 fully saturated rings. The van der Waals surface area contributed by atoms with Crippen molar-refractivity contribution in [3.05, 3.63) is 12.0 Å². The van der Waals surface area contributed by atoms with Crippen LogP contribution in [0.1, 0.15) is 38.4 Å². The number of anilines is 1. The van der Waals surface area contributed by atoms with Gasteiger partial charge in [-0.3, -0.25) is 0 Å². The van der Waals surface area contributed by atoms with Gasteiger partial charge in [0.25, 0.3) is 0 Å². The molecule has 6 heteroatoms. The number of aliphatic hydroxyl groups is 1. The average molecular weight is 311 g/mol. The molecule has 1 aromatic heterocycles. The summed E-state index contributed by atoms with van der Waals surface area (Å²) in [6.07, 6.45) is 5.71. The second kappa shape index (κ2) is 10.3. The summed E-state index contributed by atoms with van der Waals surface area (Å²) in [7, 11) is 3.64. The lowest BCUT2D eigenvalue weighted by molar-refractivity contribution is 0.146. The summed E-state index contributed by atoms with van der Waals surface area (Å²) < 4.78 is 10.7. The van der Waals surface area contributed by atoms with Crippen LogP contribution in [-0.4, -0.2) is 55.1 Å². The van der Waals surface area contributed by atoms with E-state index in [-0.39, 0.29) is 12.6 Å². The fourth-order valence-electron chi connectivity index (χ4n) is 2.33. The van der Waals surface area contributed by atoms with E-state index >= 15 is 0 Å². The van der Waals surface area contributed by atoms with Crippen molar-refractivity contribution in [1.29, 1.82) is 0 Å². The maximum atomic E-state index is 9.32. The number of nitrogens with zero attached hydrogens (tertiary/aromatic N) is 3. The van der Waals surface area contributed by atoms with Gasteiger partial charge in [-0.15, -0.1) is 0 Å². The molecule has 1 heterocycles. The van der Waals surface area contributed by atoms with Gasteiger partial charge in [0, 0.05) is 26.8 Å². The standard InChI is InChI=1S/C16H29N3O3/c1-5-6-7-14(8-9-20)19(3)16-15(22-11-10-21-4)12-17-13(2)18-16/h12,14,20H,5-11H2,1-4H3/t14-/m0/s1. The molecule has 0 aliphatic rings. The third kappa shape index (κ3) is 5.77. The number of methoxy groups -OCH3 is 1. The van der Waals surface area contributed by atoms with E-state index in [1.165, 1.54) is 0 Å². The highest BCUT2D eigenvalue weighted by Gasteiger charge is 2.20. The van der Waals surface area contributed by atoms with E-state index in [1.54, 1.807) is 13.3 Å². The smallest absolute Gasteiger partial charge is 0.180 e. The van der Waals surface area contributed by atoms with Gasteiger partial charge in [0.15, 0.2) is 11.6 Å². The lowest BCUT2D eigenvalue weighted by atomic mass is 10.1. The molecule has 0 aliphatic carbocycles. The quantitative estimate of drug-likeness (QED) is 0.632. The van der Waals surface area contributed by atoms with Crippen LogP contribution >= 0.6 is 0 Å². The van der Waals surface area contributed by atoms with E-state index in [4.69, 9.17) is 9.47 Å². The zero-order valence-electron chi connectivity index (χ0n) is 14.2. The van der Waals surface area contributed by atoms with Crippen LogP contribution in [0.15, 0.2) is 6.20 Å². The van der Waals surface area contributed by atoms with Gasteiger partial charge in [-0.2, -0.15) is 0 Å². The van der Waals surface area contributed by atoms with Gasteiger partial charge < -0.3 is 19.5 Å². The van der Waals surface area contributed by atoms with Crippen molar-refractivity contribution < 1.29 is 14.6 Å². The van der Waals surface area contributed by atoms with Crippen molar-refractivity contribution in [3.8, 4) is 5.75 Å². The zero-order valence-corrected chi connectivity index (χ0v) is 14.2. The first-order valence-corrected chi connectivity index (χ1v) is 7.93. The molecule has 22 heavy (non-hydrogen) atoms. The van der Waals surface area contributed by atoms with Crippen LogP contribution in [0, 0.1) is 6.92 Å². The Morgan fingerprint density at radius 3 is 2.73 bits per heavy atom. The zero-order chi connectivity index (χ0) is 16.4. The van der Waals surface area contributed by atoms with Crippen LogP contribution in [-0.2, 0) is 4.74 Å². The minimum atomic E-state index is 0.169. The largest absolute Gasteiger partial charge is 0.486 e. The van der Waals surface area contributed by atoms with Crippen molar-refractivity contribution >= 4 is 5.82 Å². The van der Waals surface area contributed by atoms with E-state index in [9.17, 15) is 5.11 Å². The molecule has 0 aliphatic heterocycles. The van der Waals surface area contributed by atoms with Crippen molar-refractivity contribution in [1.82, 2.24) is 9.97 Å². The van der Waals surface area contributed by atoms with E-state index in [0.29, 0.717) is 24.8 Å². The van der Waals surface area contributed by atoms with Crippen LogP contribution in [0.4, 0.5) is 5.82 Å². The molecule has 6 nitrogen and oxygen atoms in total. The molecule has 1 rings (SSSR count). The number of aromatic nitrogens is 2. The molecular formula is C16H29N3O3. The first-order chi connectivity index (χ1) is 10.6. The number of unbranched alkanes of at least 4 members (excludes halogenated alkanes) is 1. The molecule has 0 aromatic carbocycles. The number of hydrogen-bond acceptors (Lipinski definition) is 6. The molecule has 0 spiro atoms. The van der Waals surface area contributed by atoms with E-state index < -0.39 is 0 Å². The number of aliphatic hydroxyl groups excluding tert-OH is 1. The molecule has 0 saturated heterocycles. The maximum absolute atomic E-state index is 9.32. The van der Waals surface area contributed by atoms with Crippen LogP contribution < -0.4 is 9.64 Å². The summed E-state index contributed by atoms with van der Waals surface area (Å²) >= 11 is 0. The number of rotatable bonds is 11. The summed E-state index contributed by atoms with van der Waals surface area (Å²) in [6.45, 7) is 5.19. The predicted molar refractivity (Wildman–Crippen MR) is 87.6 cm³/mol. The van der Waals surface area contributed by atoms with Gasteiger partial charge in [0.1, 0.15) is 12.4 Å². The third-order valence-corrected chi connectivity index (χ3v) is 3.64. The molecular weight excluding hydrogens is 282 g/mol. The third-order valence-electron chi connectivity index (χ3n) is 3.64. The highest BCUT2D eigenvalue weighted by atomic mass is 16.5. The Balaban J connectivity index is 2.91. The second-order valence-electron chi connectivity index (χ2n) is 5.37. The topological polar surface area (TPSA) is 67.7 Å². The highest BCUT2D eigenvalue weighted by Crippen LogP contribution is 2.28. The Morgan fingerprint density at radius 2 is 2.09 bits per heavy atom. The van der Waals surface area contributed by atoms with Crippen molar-refractivity contribution in [3.63, 3.8) is 0 Å². The van der Waals surface area contributed by atoms with Gasteiger partial charge in [0.05, 0.1) is 12.8 Å². The van der Waals surface area contributed by atoms with Crippen LogP contribution in [0.5, 0.6) is 5.75 Å². The van der Waals surface area contributed by atoms with Crippen molar-refractivity contribution in [2.75, 3.05) is 38.9 Å². The molecule has 0 amide bonds. The lowest BCUT2D eigenvalue weighted by Gasteiger charge is -2.30. The Morgan fingerprint density at radius 1 is 1.32 bits per heavy atom. The van der Waals surface area contributed by atoms with Crippen molar-refractivity contribution in [2.24, 2.45) is 0 Å². The van der Waals surface area contributed by atoms with Gasteiger partial charge in [-0.05, 0) is 19.8 Å². The summed E-state index contributed by atoms with van der Waals surface area (Å²) in [6, 6.07) is 0.240. The fourth-order valence-corrected chi connectivity index (χ4v) is 2.33. The van der Waals surface area contributed by atoms with Crippen LogP contribution in [0.2, 0.25) is 0 Å². The highest BCUT2D eigenvalue weighted by molar-refractivity contribution is 5.51. The minimum Gasteiger partial charge on any atom is -0.486 e. The molecule has 1 aromatic rings. The van der Waals surface area contributed by atoms with Gasteiger partial charge >= 0.3 is 0 Å². The number of aryl methyl sites for hydroxylation is 1. The summed E-state index contributed by atoms with van der Waals surface area (Å²) in [5, 5.41) is 9.32. The molecule has 1 atom stereocenters. The van der Waals surface area contributed by atoms with Gasteiger partial charge in [-0.1, -0.05) is 19.8 Å². The number of ether oxygens (including phenoxy) is 2. The second-order valence-corrected chi connectivity index (χ2v) is 5.37. The molecule has 0 saturated carbocycles. The van der Waals surface area contributed by atoms with Gasteiger partial charge in [0.2, 0.25) is 0 Å². The Bertz CT molecular complexity index is 429. The van der Waals surface area contributed by atoms with Crippen LogP contribution in [0.3, 0.4) is 0 Å². The molecule has 126 valence electrons. The molecule has 0 bridgehead atoms. The molecule has 0 radical (unpaired) electrons. The number of hydrogen-bond donors (Lipinski definition) is 1. The van der Waals surface area contributed by atoms with E-state index in [0.717, 1.165) is 31.5 Å². The minimum absolute atomic E-state index is 0.169. The van der Waals surface area contributed by atoms with Gasteiger partial charge in [-0.25, -0.2) is 9.97 Å². The Kier molecular flexibility index (Phi) is 8.77. The fraction of sp³-hybridized carbons (Fsp3) is 0.750. The average Bonchev–Trinajstić information content (AvgIpc) is 2.52. The molecule has 1 N–H and O–H groups in total. The van der Waals surface area contributed by atoms with Crippen molar-refractivity contribution in [2.45, 2.75) is 45.6 Å². The van der Waals surface area contributed by atoms with E-state index in [2.05, 4.69) is 21.8 Å². The van der Waals surface area contributed by atoms with E-state index in [1.807, 2.05) is 14.0 Å². The Hall–Kier alpha value is -1.40. The lowest BCUT2D eigenvalue weighted by Crippen LogP contribution is -2.34. The monoisotopic (exact) mass is 311 g/mol.